The number of carbonyl (C=O) groups excluding carboxylic acids is 2. The molecule has 0 spiro atoms. The van der Waals surface area contributed by atoms with Gasteiger partial charge in [-0.2, -0.15) is 5.26 Å². The van der Waals surface area contributed by atoms with Gasteiger partial charge in [0, 0.05) is 25.8 Å². The number of benzene rings is 1. The molecule has 2 rings (SSSR count). The maximum absolute atomic E-state index is 13.0. The van der Waals surface area contributed by atoms with E-state index in [4.69, 9.17) is 14.2 Å². The second-order valence-electron chi connectivity index (χ2n) is 6.35. The van der Waals surface area contributed by atoms with Gasteiger partial charge < -0.3 is 14.2 Å². The molecule has 1 aromatic rings. The summed E-state index contributed by atoms with van der Waals surface area (Å²) in [5, 5.41) is 9.45. The summed E-state index contributed by atoms with van der Waals surface area (Å²) in [6.07, 6.45) is 2.17. The highest BCUT2D eigenvalue weighted by Crippen LogP contribution is 2.32. The topological polar surface area (TPSA) is 88.9 Å². The zero-order valence-corrected chi connectivity index (χ0v) is 17.3. The molecule has 1 aromatic carbocycles. The van der Waals surface area contributed by atoms with Crippen LogP contribution in [0.25, 0.3) is 6.08 Å². The van der Waals surface area contributed by atoms with Gasteiger partial charge in [-0.1, -0.05) is 6.07 Å². The van der Waals surface area contributed by atoms with Gasteiger partial charge in [0.25, 0.3) is 11.8 Å². The minimum Gasteiger partial charge on any atom is -0.490 e. The van der Waals surface area contributed by atoms with Crippen molar-refractivity contribution in [3.8, 4) is 17.6 Å². The molecule has 0 aliphatic carbocycles. The molecule has 0 bridgehead atoms. The largest absolute Gasteiger partial charge is 0.490 e. The Morgan fingerprint density at radius 1 is 1.10 bits per heavy atom. The number of hydrogen-bond acceptors (Lipinski definition) is 6. The Kier molecular flexibility index (Phi) is 7.98. The third-order valence-corrected chi connectivity index (χ3v) is 4.43. The lowest BCUT2D eigenvalue weighted by Gasteiger charge is -2.27. The quantitative estimate of drug-likeness (QED) is 0.361. The van der Waals surface area contributed by atoms with Gasteiger partial charge in [0.15, 0.2) is 11.5 Å². The summed E-state index contributed by atoms with van der Waals surface area (Å²) < 4.78 is 16.2. The van der Waals surface area contributed by atoms with Gasteiger partial charge in [0.1, 0.15) is 11.6 Å². The molecule has 0 fully saturated rings. The van der Waals surface area contributed by atoms with E-state index in [9.17, 15) is 14.9 Å². The highest BCUT2D eigenvalue weighted by Gasteiger charge is 2.35. The van der Waals surface area contributed by atoms with Gasteiger partial charge in [0.2, 0.25) is 0 Å². The monoisotopic (exact) mass is 398 g/mol. The fourth-order valence-electron chi connectivity index (χ4n) is 3.02. The molecule has 29 heavy (non-hydrogen) atoms. The normalized spacial score (nSPS) is 15.7. The van der Waals surface area contributed by atoms with Gasteiger partial charge in [-0.15, -0.1) is 0 Å². The van der Waals surface area contributed by atoms with Crippen LogP contribution in [0.3, 0.4) is 0 Å². The van der Waals surface area contributed by atoms with E-state index >= 15 is 0 Å². The lowest BCUT2D eigenvalue weighted by molar-refractivity contribution is -0.140. The number of ether oxygens (including phenoxy) is 3. The van der Waals surface area contributed by atoms with Crippen LogP contribution in [0.4, 0.5) is 0 Å². The molecule has 2 amide bonds. The molecule has 1 heterocycles. The first-order valence-electron chi connectivity index (χ1n) is 9.56. The number of amides is 2. The van der Waals surface area contributed by atoms with Crippen LogP contribution in [0.5, 0.6) is 11.5 Å². The Balaban J connectivity index is 2.47. The molecule has 0 saturated heterocycles. The summed E-state index contributed by atoms with van der Waals surface area (Å²) >= 11 is 0. The van der Waals surface area contributed by atoms with Crippen LogP contribution in [-0.2, 0) is 14.3 Å². The standard InChI is InChI=1S/C22H26N2O5/c1-5-28-19-9-8-16(13-20(19)29-6-2)12-17-15(3)18(14-23)22(26)24(21(17)25)10-7-11-27-4/h8-9,12-13H,5-7,10-11H2,1-4H3/b17-12+. The highest BCUT2D eigenvalue weighted by molar-refractivity contribution is 6.19. The Bertz CT molecular complexity index is 880. The number of hydrogen-bond donors (Lipinski definition) is 0. The van der Waals surface area contributed by atoms with E-state index < -0.39 is 11.8 Å². The molecule has 0 unspecified atom stereocenters. The van der Waals surface area contributed by atoms with E-state index in [0.717, 1.165) is 4.90 Å². The number of nitrogens with zero attached hydrogens (tertiary/aromatic N) is 2. The van der Waals surface area contributed by atoms with Crippen molar-refractivity contribution >= 4 is 17.9 Å². The lowest BCUT2D eigenvalue weighted by atomic mass is 9.93. The summed E-state index contributed by atoms with van der Waals surface area (Å²) in [5.74, 6) is 0.203. The average molecular weight is 398 g/mol. The number of rotatable bonds is 9. The van der Waals surface area contributed by atoms with Gasteiger partial charge in [0.05, 0.1) is 13.2 Å². The Hall–Kier alpha value is -3.11. The van der Waals surface area contributed by atoms with Gasteiger partial charge >= 0.3 is 0 Å². The first-order chi connectivity index (χ1) is 14.0. The minimum absolute atomic E-state index is 0.0239. The molecule has 0 saturated carbocycles. The number of methoxy groups -OCH3 is 1. The predicted octanol–water partition coefficient (Wildman–Crippen LogP) is 3.11. The van der Waals surface area contributed by atoms with E-state index in [1.807, 2.05) is 19.9 Å². The molecule has 0 atom stereocenters. The van der Waals surface area contributed by atoms with Crippen molar-refractivity contribution in [2.75, 3.05) is 33.5 Å². The first kappa shape index (κ1) is 22.2. The third-order valence-electron chi connectivity index (χ3n) is 4.43. The minimum atomic E-state index is -0.565. The molecule has 0 aromatic heterocycles. The maximum Gasteiger partial charge on any atom is 0.271 e. The molecule has 0 radical (unpaired) electrons. The Labute approximate surface area is 171 Å². The molecule has 7 nitrogen and oxygen atoms in total. The van der Waals surface area contributed by atoms with Crippen LogP contribution in [0, 0.1) is 11.3 Å². The second kappa shape index (κ2) is 10.4. The molecular weight excluding hydrogens is 372 g/mol. The molecule has 7 heteroatoms. The van der Waals surface area contributed by atoms with Gasteiger partial charge in [-0.05, 0) is 56.5 Å². The van der Waals surface area contributed by atoms with Crippen LogP contribution < -0.4 is 9.47 Å². The van der Waals surface area contributed by atoms with E-state index in [-0.39, 0.29) is 12.1 Å². The van der Waals surface area contributed by atoms with Crippen molar-refractivity contribution in [2.45, 2.75) is 27.2 Å². The zero-order valence-electron chi connectivity index (χ0n) is 17.3. The second-order valence-corrected chi connectivity index (χ2v) is 6.35. The van der Waals surface area contributed by atoms with Gasteiger partial charge in [-0.25, -0.2) is 0 Å². The Morgan fingerprint density at radius 3 is 2.41 bits per heavy atom. The van der Waals surface area contributed by atoms with Gasteiger partial charge in [-0.3, -0.25) is 14.5 Å². The summed E-state index contributed by atoms with van der Waals surface area (Å²) in [7, 11) is 1.55. The van der Waals surface area contributed by atoms with Crippen LogP contribution >= 0.6 is 0 Å². The summed E-state index contributed by atoms with van der Waals surface area (Å²) in [6.45, 7) is 6.96. The summed E-state index contributed by atoms with van der Waals surface area (Å²) in [4.78, 5) is 26.6. The van der Waals surface area contributed by atoms with Crippen molar-refractivity contribution in [1.82, 2.24) is 4.90 Å². The number of imide groups is 1. The van der Waals surface area contributed by atoms with E-state index in [1.165, 1.54) is 0 Å². The number of nitriles is 1. The maximum atomic E-state index is 13.0. The highest BCUT2D eigenvalue weighted by atomic mass is 16.5. The van der Waals surface area contributed by atoms with E-state index in [2.05, 4.69) is 0 Å². The fourth-order valence-corrected chi connectivity index (χ4v) is 3.02. The van der Waals surface area contributed by atoms with Crippen molar-refractivity contribution in [3.63, 3.8) is 0 Å². The van der Waals surface area contributed by atoms with Crippen LogP contribution in [0.15, 0.2) is 34.9 Å². The molecule has 0 N–H and O–H groups in total. The zero-order chi connectivity index (χ0) is 21.4. The van der Waals surface area contributed by atoms with Crippen LogP contribution in [-0.4, -0.2) is 50.2 Å². The lowest BCUT2D eigenvalue weighted by Crippen LogP contribution is -2.43. The van der Waals surface area contributed by atoms with Crippen molar-refractivity contribution in [2.24, 2.45) is 0 Å². The predicted molar refractivity (Wildman–Crippen MR) is 108 cm³/mol. The van der Waals surface area contributed by atoms with Crippen LogP contribution in [0.1, 0.15) is 32.8 Å². The molecular formula is C22H26N2O5. The number of carbonyl (C=O) groups is 2. The molecule has 1 aliphatic heterocycles. The molecule has 154 valence electrons. The van der Waals surface area contributed by atoms with Crippen molar-refractivity contribution in [3.05, 3.63) is 40.5 Å². The van der Waals surface area contributed by atoms with Crippen molar-refractivity contribution in [1.29, 1.82) is 5.26 Å². The summed E-state index contributed by atoms with van der Waals surface area (Å²) in [5.41, 5.74) is 1.37. The average Bonchev–Trinajstić information content (AvgIpc) is 2.70. The fraction of sp³-hybridized carbons (Fsp3) is 0.409. The first-order valence-corrected chi connectivity index (χ1v) is 9.56. The summed E-state index contributed by atoms with van der Waals surface area (Å²) in [6, 6.07) is 7.30. The van der Waals surface area contributed by atoms with E-state index in [0.29, 0.717) is 54.5 Å². The third kappa shape index (κ3) is 5.04. The SMILES string of the molecule is CCOc1ccc(/C=C2/C(=O)N(CCCOC)C(=O)C(C#N)=C2C)cc1OCC. The Morgan fingerprint density at radius 2 is 1.79 bits per heavy atom. The van der Waals surface area contributed by atoms with Crippen molar-refractivity contribution < 1.29 is 23.8 Å². The molecule has 1 aliphatic rings. The van der Waals surface area contributed by atoms with Crippen LogP contribution in [0.2, 0.25) is 0 Å². The van der Waals surface area contributed by atoms with E-state index in [1.54, 1.807) is 38.3 Å². The smallest absolute Gasteiger partial charge is 0.271 e.